The average Bonchev–Trinajstić information content (AvgIpc) is 3.19. The number of nitrogens with zero attached hydrogens (tertiary/aromatic N) is 3. The summed E-state index contributed by atoms with van der Waals surface area (Å²) in [5.74, 6) is -0.480. The normalized spacial score (nSPS) is 14.4. The Morgan fingerprint density at radius 1 is 1.10 bits per heavy atom. The quantitative estimate of drug-likeness (QED) is 0.638. The number of halogens is 2. The molecule has 0 fully saturated rings. The predicted octanol–water partition coefficient (Wildman–Crippen LogP) is 4.34. The maximum absolute atomic E-state index is 12.9. The van der Waals surface area contributed by atoms with E-state index in [0.29, 0.717) is 35.4 Å². The van der Waals surface area contributed by atoms with Crippen LogP contribution in [0.3, 0.4) is 0 Å². The van der Waals surface area contributed by atoms with E-state index in [1.807, 2.05) is 43.3 Å². The van der Waals surface area contributed by atoms with Crippen molar-refractivity contribution in [1.29, 1.82) is 0 Å². The van der Waals surface area contributed by atoms with Crippen molar-refractivity contribution in [3.8, 4) is 0 Å². The van der Waals surface area contributed by atoms with Crippen LogP contribution in [-0.2, 0) is 13.1 Å². The number of fused-ring (bicyclic) bond motifs is 1. The maximum Gasteiger partial charge on any atom is 0.272 e. The minimum Gasteiger partial charge on any atom is -0.344 e. The molecule has 1 N–H and O–H groups in total. The summed E-state index contributed by atoms with van der Waals surface area (Å²) in [6.07, 6.45) is 0. The summed E-state index contributed by atoms with van der Waals surface area (Å²) in [6.45, 7) is 3.33. The van der Waals surface area contributed by atoms with E-state index >= 15 is 0 Å². The van der Waals surface area contributed by atoms with Crippen LogP contribution in [0.1, 0.15) is 45.1 Å². The molecule has 1 unspecified atom stereocenters. The van der Waals surface area contributed by atoms with Gasteiger partial charge in [-0.2, -0.15) is 5.10 Å². The molecule has 1 aliphatic heterocycles. The second-order valence-electron chi connectivity index (χ2n) is 7.22. The smallest absolute Gasteiger partial charge is 0.272 e. The molecule has 3 aromatic rings. The first-order valence-electron chi connectivity index (χ1n) is 9.59. The summed E-state index contributed by atoms with van der Waals surface area (Å²) < 4.78 is 1.59. The van der Waals surface area contributed by atoms with Crippen molar-refractivity contribution in [2.45, 2.75) is 26.1 Å². The third-order valence-corrected chi connectivity index (χ3v) is 5.84. The Morgan fingerprint density at radius 2 is 1.87 bits per heavy atom. The standard InChI is InChI=1S/C22H20Cl2N4O2/c1-14(16-5-3-2-4-6-16)25-21(29)19-12-20-22(30)27(9-10-28(20)26-19)13-15-7-8-17(23)18(24)11-15/h2-8,11-12,14H,9-10,13H2,1H3,(H,25,29). The molecule has 30 heavy (non-hydrogen) atoms. The molecule has 0 saturated carbocycles. The first-order chi connectivity index (χ1) is 14.4. The Hall–Kier alpha value is -2.83. The SMILES string of the molecule is CC(NC(=O)c1cc2n(n1)CCN(Cc1ccc(Cl)c(Cl)c1)C2=O)c1ccccc1. The van der Waals surface area contributed by atoms with Crippen molar-refractivity contribution < 1.29 is 9.59 Å². The van der Waals surface area contributed by atoms with Gasteiger partial charge in [-0.25, -0.2) is 0 Å². The molecule has 8 heteroatoms. The minimum atomic E-state index is -0.308. The van der Waals surface area contributed by atoms with Gasteiger partial charge in [0.1, 0.15) is 5.69 Å². The number of carbonyl (C=O) groups excluding carboxylic acids is 2. The molecule has 2 amide bonds. The zero-order chi connectivity index (χ0) is 21.3. The Kier molecular flexibility index (Phi) is 5.79. The highest BCUT2D eigenvalue weighted by molar-refractivity contribution is 6.42. The molecule has 4 rings (SSSR count). The van der Waals surface area contributed by atoms with Crippen LogP contribution in [0.25, 0.3) is 0 Å². The summed E-state index contributed by atoms with van der Waals surface area (Å²) in [6, 6.07) is 16.4. The maximum atomic E-state index is 12.9. The van der Waals surface area contributed by atoms with Gasteiger partial charge in [-0.3, -0.25) is 14.3 Å². The molecule has 2 heterocycles. The highest BCUT2D eigenvalue weighted by Crippen LogP contribution is 2.24. The topological polar surface area (TPSA) is 67.2 Å². The van der Waals surface area contributed by atoms with Crippen LogP contribution in [0.15, 0.2) is 54.6 Å². The summed E-state index contributed by atoms with van der Waals surface area (Å²) in [4.78, 5) is 27.3. The number of rotatable bonds is 5. The number of nitrogens with one attached hydrogen (secondary N) is 1. The molecule has 1 aromatic heterocycles. The van der Waals surface area contributed by atoms with Gasteiger partial charge >= 0.3 is 0 Å². The molecule has 0 saturated heterocycles. The Labute approximate surface area is 184 Å². The van der Waals surface area contributed by atoms with Crippen LogP contribution in [-0.4, -0.2) is 33.0 Å². The fourth-order valence-electron chi connectivity index (χ4n) is 3.45. The van der Waals surface area contributed by atoms with Crippen LogP contribution in [0.5, 0.6) is 0 Å². The van der Waals surface area contributed by atoms with Gasteiger partial charge in [0.25, 0.3) is 11.8 Å². The van der Waals surface area contributed by atoms with E-state index in [2.05, 4.69) is 10.4 Å². The van der Waals surface area contributed by atoms with Crippen molar-refractivity contribution >= 4 is 35.0 Å². The van der Waals surface area contributed by atoms with Crippen molar-refractivity contribution in [3.05, 3.63) is 87.2 Å². The monoisotopic (exact) mass is 442 g/mol. The summed E-state index contributed by atoms with van der Waals surface area (Å²) in [5, 5.41) is 8.20. The van der Waals surface area contributed by atoms with Gasteiger partial charge in [0.05, 0.1) is 22.6 Å². The van der Waals surface area contributed by atoms with Crippen LogP contribution in [0.4, 0.5) is 0 Å². The van der Waals surface area contributed by atoms with Crippen molar-refractivity contribution in [2.24, 2.45) is 0 Å². The molecular formula is C22H20Cl2N4O2. The first kappa shape index (κ1) is 20.4. The number of carbonyl (C=O) groups is 2. The number of hydrogen-bond acceptors (Lipinski definition) is 3. The van der Waals surface area contributed by atoms with Gasteiger partial charge in [0.2, 0.25) is 0 Å². The van der Waals surface area contributed by atoms with Crippen molar-refractivity contribution in [2.75, 3.05) is 6.54 Å². The lowest BCUT2D eigenvalue weighted by Gasteiger charge is -2.27. The number of benzene rings is 2. The Bertz CT molecular complexity index is 1100. The third kappa shape index (κ3) is 4.20. The fourth-order valence-corrected chi connectivity index (χ4v) is 3.77. The van der Waals surface area contributed by atoms with Gasteiger partial charge in [0.15, 0.2) is 5.69 Å². The third-order valence-electron chi connectivity index (χ3n) is 5.11. The second-order valence-corrected chi connectivity index (χ2v) is 8.03. The van der Waals surface area contributed by atoms with E-state index in [1.54, 1.807) is 27.8 Å². The molecule has 6 nitrogen and oxygen atoms in total. The van der Waals surface area contributed by atoms with Crippen LogP contribution in [0, 0.1) is 0 Å². The Balaban J connectivity index is 1.47. The lowest BCUT2D eigenvalue weighted by Crippen LogP contribution is -2.39. The fraction of sp³-hybridized carbons (Fsp3) is 0.227. The van der Waals surface area contributed by atoms with Crippen LogP contribution < -0.4 is 5.32 Å². The van der Waals surface area contributed by atoms with E-state index in [9.17, 15) is 9.59 Å². The molecule has 2 aromatic carbocycles. The van der Waals surface area contributed by atoms with Gasteiger partial charge < -0.3 is 10.2 Å². The number of hydrogen-bond donors (Lipinski definition) is 1. The van der Waals surface area contributed by atoms with Gasteiger partial charge in [0, 0.05) is 19.2 Å². The van der Waals surface area contributed by atoms with E-state index in [0.717, 1.165) is 11.1 Å². The van der Waals surface area contributed by atoms with E-state index in [-0.39, 0.29) is 23.6 Å². The molecular weight excluding hydrogens is 423 g/mol. The molecule has 0 aliphatic carbocycles. The lowest BCUT2D eigenvalue weighted by molar-refractivity contribution is 0.0683. The van der Waals surface area contributed by atoms with Crippen LogP contribution in [0.2, 0.25) is 10.0 Å². The molecule has 1 aliphatic rings. The van der Waals surface area contributed by atoms with Crippen molar-refractivity contribution in [1.82, 2.24) is 20.0 Å². The molecule has 154 valence electrons. The number of aromatic nitrogens is 2. The minimum absolute atomic E-state index is 0.167. The molecule has 0 radical (unpaired) electrons. The Morgan fingerprint density at radius 3 is 2.60 bits per heavy atom. The zero-order valence-electron chi connectivity index (χ0n) is 16.3. The van der Waals surface area contributed by atoms with Gasteiger partial charge in [-0.05, 0) is 30.2 Å². The van der Waals surface area contributed by atoms with Gasteiger partial charge in [-0.1, -0.05) is 59.6 Å². The van der Waals surface area contributed by atoms with Crippen LogP contribution >= 0.6 is 23.2 Å². The van der Waals surface area contributed by atoms with E-state index in [1.165, 1.54) is 0 Å². The van der Waals surface area contributed by atoms with Crippen molar-refractivity contribution in [3.63, 3.8) is 0 Å². The molecule has 1 atom stereocenters. The summed E-state index contributed by atoms with van der Waals surface area (Å²) >= 11 is 12.0. The lowest BCUT2D eigenvalue weighted by atomic mass is 10.1. The average molecular weight is 443 g/mol. The summed E-state index contributed by atoms with van der Waals surface area (Å²) in [7, 11) is 0. The zero-order valence-corrected chi connectivity index (χ0v) is 17.8. The summed E-state index contributed by atoms with van der Waals surface area (Å²) in [5.41, 5.74) is 2.52. The molecule has 0 bridgehead atoms. The van der Waals surface area contributed by atoms with Gasteiger partial charge in [-0.15, -0.1) is 0 Å². The second kappa shape index (κ2) is 8.50. The van der Waals surface area contributed by atoms with E-state index in [4.69, 9.17) is 23.2 Å². The van der Waals surface area contributed by atoms with E-state index < -0.39 is 0 Å². The largest absolute Gasteiger partial charge is 0.344 e. The highest BCUT2D eigenvalue weighted by Gasteiger charge is 2.28. The first-order valence-corrected chi connectivity index (χ1v) is 10.3. The number of amides is 2. The predicted molar refractivity (Wildman–Crippen MR) is 116 cm³/mol. The highest BCUT2D eigenvalue weighted by atomic mass is 35.5. The molecule has 0 spiro atoms.